The summed E-state index contributed by atoms with van der Waals surface area (Å²) in [7, 11) is 0. The summed E-state index contributed by atoms with van der Waals surface area (Å²) >= 11 is 1.70. The zero-order valence-corrected chi connectivity index (χ0v) is 15.0. The SMILES string of the molecule is CC(C)c1ccc(Sc2ccc(NC(=O)Cn3cncn3)cc2)cc1. The Morgan fingerprint density at radius 3 is 2.28 bits per heavy atom. The summed E-state index contributed by atoms with van der Waals surface area (Å²) < 4.78 is 1.49. The molecule has 0 unspecified atom stereocenters. The Labute approximate surface area is 151 Å². The third kappa shape index (κ3) is 4.93. The van der Waals surface area contributed by atoms with E-state index in [0.29, 0.717) is 5.92 Å². The number of nitrogens with one attached hydrogen (secondary N) is 1. The lowest BCUT2D eigenvalue weighted by atomic mass is 10.0. The molecular weight excluding hydrogens is 332 g/mol. The van der Waals surface area contributed by atoms with Gasteiger partial charge in [-0.1, -0.05) is 37.7 Å². The summed E-state index contributed by atoms with van der Waals surface area (Å²) in [5, 5.41) is 6.77. The van der Waals surface area contributed by atoms with Crippen LogP contribution in [0.4, 0.5) is 5.69 Å². The molecule has 5 nitrogen and oxygen atoms in total. The van der Waals surface area contributed by atoms with Crippen LogP contribution in [0.1, 0.15) is 25.3 Å². The maximum Gasteiger partial charge on any atom is 0.246 e. The monoisotopic (exact) mass is 352 g/mol. The van der Waals surface area contributed by atoms with E-state index in [2.05, 4.69) is 53.5 Å². The summed E-state index contributed by atoms with van der Waals surface area (Å²) in [6.07, 6.45) is 2.93. The number of nitrogens with zero attached hydrogens (tertiary/aromatic N) is 3. The first kappa shape index (κ1) is 17.2. The van der Waals surface area contributed by atoms with Crippen molar-refractivity contribution in [2.75, 3.05) is 5.32 Å². The minimum Gasteiger partial charge on any atom is -0.324 e. The molecule has 2 aromatic carbocycles. The summed E-state index contributed by atoms with van der Waals surface area (Å²) in [6, 6.07) is 16.5. The molecule has 0 fully saturated rings. The molecule has 0 spiro atoms. The number of anilines is 1. The summed E-state index contributed by atoms with van der Waals surface area (Å²) in [5.74, 6) is 0.412. The van der Waals surface area contributed by atoms with E-state index in [1.54, 1.807) is 11.8 Å². The first-order chi connectivity index (χ1) is 12.1. The number of rotatable bonds is 6. The molecule has 0 atom stereocenters. The van der Waals surface area contributed by atoms with Crippen molar-refractivity contribution in [3.05, 3.63) is 66.7 Å². The van der Waals surface area contributed by atoms with E-state index in [1.165, 1.54) is 27.8 Å². The van der Waals surface area contributed by atoms with Crippen LogP contribution >= 0.6 is 11.8 Å². The highest BCUT2D eigenvalue weighted by molar-refractivity contribution is 7.99. The van der Waals surface area contributed by atoms with Crippen molar-refractivity contribution in [3.8, 4) is 0 Å². The summed E-state index contributed by atoms with van der Waals surface area (Å²) in [4.78, 5) is 18.1. The highest BCUT2D eigenvalue weighted by Crippen LogP contribution is 2.29. The lowest BCUT2D eigenvalue weighted by molar-refractivity contribution is -0.116. The normalized spacial score (nSPS) is 10.8. The molecule has 1 N–H and O–H groups in total. The van der Waals surface area contributed by atoms with Crippen LogP contribution in [-0.4, -0.2) is 20.7 Å². The van der Waals surface area contributed by atoms with Gasteiger partial charge in [0.2, 0.25) is 5.91 Å². The maximum absolute atomic E-state index is 11.9. The van der Waals surface area contributed by atoms with Crippen molar-refractivity contribution in [1.29, 1.82) is 0 Å². The number of carbonyl (C=O) groups is 1. The fraction of sp³-hybridized carbons (Fsp3) is 0.211. The molecule has 0 bridgehead atoms. The van der Waals surface area contributed by atoms with E-state index in [-0.39, 0.29) is 12.5 Å². The highest BCUT2D eigenvalue weighted by atomic mass is 32.2. The lowest BCUT2D eigenvalue weighted by Gasteiger charge is -2.08. The molecule has 128 valence electrons. The Hall–Kier alpha value is -2.60. The largest absolute Gasteiger partial charge is 0.324 e. The molecule has 0 saturated heterocycles. The molecule has 0 aliphatic heterocycles. The smallest absolute Gasteiger partial charge is 0.246 e. The van der Waals surface area contributed by atoms with E-state index in [1.807, 2.05) is 24.3 Å². The van der Waals surface area contributed by atoms with Crippen LogP contribution in [0.15, 0.2) is 71.0 Å². The van der Waals surface area contributed by atoms with Gasteiger partial charge in [0.25, 0.3) is 0 Å². The van der Waals surface area contributed by atoms with Crippen LogP contribution in [0.2, 0.25) is 0 Å². The number of amides is 1. The average Bonchev–Trinajstić information content (AvgIpc) is 3.10. The first-order valence-electron chi connectivity index (χ1n) is 8.10. The fourth-order valence-corrected chi connectivity index (χ4v) is 3.14. The zero-order chi connectivity index (χ0) is 17.6. The molecule has 0 aliphatic carbocycles. The Balaban J connectivity index is 1.57. The zero-order valence-electron chi connectivity index (χ0n) is 14.2. The maximum atomic E-state index is 11.9. The molecule has 1 heterocycles. The quantitative estimate of drug-likeness (QED) is 0.722. The van der Waals surface area contributed by atoms with Gasteiger partial charge in [0, 0.05) is 15.5 Å². The number of carbonyl (C=O) groups excluding carboxylic acids is 1. The van der Waals surface area contributed by atoms with Crippen LogP contribution in [0.3, 0.4) is 0 Å². The van der Waals surface area contributed by atoms with Crippen molar-refractivity contribution in [1.82, 2.24) is 14.8 Å². The number of hydrogen-bond donors (Lipinski definition) is 1. The highest BCUT2D eigenvalue weighted by Gasteiger charge is 2.05. The van der Waals surface area contributed by atoms with Crippen molar-refractivity contribution >= 4 is 23.4 Å². The molecule has 6 heteroatoms. The molecule has 0 aliphatic rings. The van der Waals surface area contributed by atoms with E-state index < -0.39 is 0 Å². The van der Waals surface area contributed by atoms with E-state index in [4.69, 9.17) is 0 Å². The average molecular weight is 352 g/mol. The van der Waals surface area contributed by atoms with Crippen molar-refractivity contribution in [3.63, 3.8) is 0 Å². The van der Waals surface area contributed by atoms with Crippen molar-refractivity contribution < 1.29 is 4.79 Å². The van der Waals surface area contributed by atoms with Crippen LogP contribution < -0.4 is 5.32 Å². The Morgan fingerprint density at radius 2 is 1.72 bits per heavy atom. The molecular formula is C19H20N4OS. The van der Waals surface area contributed by atoms with Gasteiger partial charge in [-0.2, -0.15) is 5.10 Å². The van der Waals surface area contributed by atoms with Gasteiger partial charge < -0.3 is 5.32 Å². The minimum absolute atomic E-state index is 0.129. The molecule has 3 aromatic rings. The van der Waals surface area contributed by atoms with Crippen LogP contribution in [0.25, 0.3) is 0 Å². The number of aromatic nitrogens is 3. The minimum atomic E-state index is -0.129. The van der Waals surface area contributed by atoms with Gasteiger partial charge in [0.05, 0.1) is 0 Å². The first-order valence-corrected chi connectivity index (χ1v) is 8.92. The van der Waals surface area contributed by atoms with Crippen LogP contribution in [0.5, 0.6) is 0 Å². The molecule has 1 aromatic heterocycles. The lowest BCUT2D eigenvalue weighted by Crippen LogP contribution is -2.18. The number of hydrogen-bond acceptors (Lipinski definition) is 4. The summed E-state index contributed by atoms with van der Waals surface area (Å²) in [6.45, 7) is 4.54. The Morgan fingerprint density at radius 1 is 1.08 bits per heavy atom. The van der Waals surface area contributed by atoms with Crippen molar-refractivity contribution in [2.24, 2.45) is 0 Å². The van der Waals surface area contributed by atoms with Crippen molar-refractivity contribution in [2.45, 2.75) is 36.1 Å². The molecule has 0 saturated carbocycles. The van der Waals surface area contributed by atoms with Gasteiger partial charge in [0.15, 0.2) is 0 Å². The third-order valence-corrected chi connectivity index (χ3v) is 4.71. The van der Waals surface area contributed by atoms with E-state index >= 15 is 0 Å². The number of benzene rings is 2. The van der Waals surface area contributed by atoms with E-state index in [0.717, 1.165) is 10.6 Å². The Kier molecular flexibility index (Phi) is 5.50. The van der Waals surface area contributed by atoms with Gasteiger partial charge in [0.1, 0.15) is 19.2 Å². The second-order valence-electron chi connectivity index (χ2n) is 5.99. The molecule has 25 heavy (non-hydrogen) atoms. The standard InChI is InChI=1S/C19H20N4OS/c1-14(2)15-3-7-17(8-4-15)25-18-9-5-16(6-10-18)22-19(24)11-23-13-20-12-21-23/h3-10,12-14H,11H2,1-2H3,(H,22,24). The predicted octanol–water partition coefficient (Wildman–Crippen LogP) is 4.19. The van der Waals surface area contributed by atoms with Gasteiger partial charge in [-0.25, -0.2) is 9.67 Å². The molecule has 0 radical (unpaired) electrons. The fourth-order valence-electron chi connectivity index (χ4n) is 2.33. The third-order valence-electron chi connectivity index (χ3n) is 3.69. The van der Waals surface area contributed by atoms with Gasteiger partial charge in [-0.05, 0) is 47.9 Å². The Bertz CT molecular complexity index is 812. The van der Waals surface area contributed by atoms with E-state index in [9.17, 15) is 4.79 Å². The predicted molar refractivity (Wildman–Crippen MR) is 99.7 cm³/mol. The molecule has 3 rings (SSSR count). The second-order valence-corrected chi connectivity index (χ2v) is 7.14. The summed E-state index contributed by atoms with van der Waals surface area (Å²) in [5.41, 5.74) is 2.11. The van der Waals surface area contributed by atoms with Crippen LogP contribution in [0, 0.1) is 0 Å². The molecule has 1 amide bonds. The second kappa shape index (κ2) is 7.98. The van der Waals surface area contributed by atoms with Gasteiger partial charge >= 0.3 is 0 Å². The van der Waals surface area contributed by atoms with Gasteiger partial charge in [-0.3, -0.25) is 4.79 Å². The van der Waals surface area contributed by atoms with Gasteiger partial charge in [-0.15, -0.1) is 0 Å². The van der Waals surface area contributed by atoms with Crippen LogP contribution in [-0.2, 0) is 11.3 Å². The topological polar surface area (TPSA) is 59.8 Å².